The number of benzene rings is 3. The van der Waals surface area contributed by atoms with E-state index in [1.54, 1.807) is 18.2 Å². The Labute approximate surface area is 182 Å². The molecule has 1 saturated heterocycles. The van der Waals surface area contributed by atoms with Gasteiger partial charge in [-0.2, -0.15) is 4.72 Å². The van der Waals surface area contributed by atoms with Crippen LogP contribution in [0.3, 0.4) is 0 Å². The molecule has 3 aromatic carbocycles. The van der Waals surface area contributed by atoms with Gasteiger partial charge in [0.05, 0.1) is 11.0 Å². The van der Waals surface area contributed by atoms with Crippen molar-refractivity contribution >= 4 is 26.7 Å². The van der Waals surface area contributed by atoms with Gasteiger partial charge in [-0.3, -0.25) is 4.79 Å². The summed E-state index contributed by atoms with van der Waals surface area (Å²) in [6.45, 7) is 1.07. The summed E-state index contributed by atoms with van der Waals surface area (Å²) < 4.78 is 34.4. The summed E-state index contributed by atoms with van der Waals surface area (Å²) in [4.78, 5) is 13.1. The van der Waals surface area contributed by atoms with Crippen LogP contribution in [0.4, 0.5) is 0 Å². The van der Waals surface area contributed by atoms with Crippen molar-refractivity contribution < 1.29 is 17.9 Å². The average Bonchev–Trinajstić information content (AvgIpc) is 3.31. The van der Waals surface area contributed by atoms with Crippen molar-refractivity contribution in [3.63, 3.8) is 0 Å². The molecule has 31 heavy (non-hydrogen) atoms. The largest absolute Gasteiger partial charge is 0.376 e. The maximum absolute atomic E-state index is 13.1. The van der Waals surface area contributed by atoms with E-state index in [1.807, 2.05) is 54.6 Å². The molecule has 6 nitrogen and oxygen atoms in total. The molecule has 0 unspecified atom stereocenters. The number of nitrogens with one attached hydrogen (secondary N) is 2. The summed E-state index contributed by atoms with van der Waals surface area (Å²) in [5.74, 6) is -0.358. The molecule has 1 aliphatic heterocycles. The zero-order valence-corrected chi connectivity index (χ0v) is 18.0. The smallest absolute Gasteiger partial charge is 0.241 e. The van der Waals surface area contributed by atoms with E-state index in [1.165, 1.54) is 0 Å². The highest BCUT2D eigenvalue weighted by Crippen LogP contribution is 2.19. The first kappa shape index (κ1) is 21.5. The highest BCUT2D eigenvalue weighted by molar-refractivity contribution is 7.89. The summed E-state index contributed by atoms with van der Waals surface area (Å²) in [6.07, 6.45) is 2.11. The molecule has 1 amide bonds. The first-order chi connectivity index (χ1) is 15.0. The van der Waals surface area contributed by atoms with E-state index >= 15 is 0 Å². The van der Waals surface area contributed by atoms with Crippen molar-refractivity contribution in [1.82, 2.24) is 10.0 Å². The highest BCUT2D eigenvalue weighted by Gasteiger charge is 2.27. The van der Waals surface area contributed by atoms with Crippen molar-refractivity contribution in [3.8, 4) is 0 Å². The third-order valence-electron chi connectivity index (χ3n) is 5.46. The molecule has 0 bridgehead atoms. The van der Waals surface area contributed by atoms with Gasteiger partial charge in [0.1, 0.15) is 6.04 Å². The molecule has 162 valence electrons. The normalized spacial score (nSPS) is 17.5. The maximum atomic E-state index is 13.1. The van der Waals surface area contributed by atoms with Crippen molar-refractivity contribution in [3.05, 3.63) is 78.4 Å². The zero-order valence-electron chi connectivity index (χ0n) is 17.2. The molecular weight excluding hydrogens is 412 g/mol. The highest BCUT2D eigenvalue weighted by atomic mass is 32.2. The number of sulfonamides is 1. The van der Waals surface area contributed by atoms with Crippen LogP contribution >= 0.6 is 0 Å². The number of rotatable bonds is 8. The number of hydrogen-bond acceptors (Lipinski definition) is 4. The minimum absolute atomic E-state index is 0.0154. The van der Waals surface area contributed by atoms with Gasteiger partial charge in [-0.15, -0.1) is 0 Å². The van der Waals surface area contributed by atoms with Crippen molar-refractivity contribution in [1.29, 1.82) is 0 Å². The minimum Gasteiger partial charge on any atom is -0.376 e. The van der Waals surface area contributed by atoms with Gasteiger partial charge in [-0.1, -0.05) is 60.7 Å². The van der Waals surface area contributed by atoms with E-state index in [0.29, 0.717) is 13.2 Å². The Balaban J connectivity index is 1.54. The van der Waals surface area contributed by atoms with Crippen LogP contribution in [0, 0.1) is 0 Å². The molecule has 2 atom stereocenters. The molecule has 7 heteroatoms. The van der Waals surface area contributed by atoms with E-state index in [-0.39, 0.29) is 23.3 Å². The van der Waals surface area contributed by atoms with Crippen LogP contribution < -0.4 is 10.0 Å². The van der Waals surface area contributed by atoms with Crippen molar-refractivity contribution in [2.45, 2.75) is 36.3 Å². The molecule has 0 saturated carbocycles. The number of hydrogen-bond donors (Lipinski definition) is 2. The second-order valence-corrected chi connectivity index (χ2v) is 9.47. The van der Waals surface area contributed by atoms with Gasteiger partial charge in [0.2, 0.25) is 15.9 Å². The van der Waals surface area contributed by atoms with Crippen molar-refractivity contribution in [2.24, 2.45) is 0 Å². The monoisotopic (exact) mass is 438 g/mol. The predicted octanol–water partition coefficient (Wildman–Crippen LogP) is 3.02. The molecule has 4 rings (SSSR count). The van der Waals surface area contributed by atoms with Gasteiger partial charge < -0.3 is 10.1 Å². The Morgan fingerprint density at radius 3 is 2.48 bits per heavy atom. The SMILES string of the molecule is O=C(NC[C@@H]1CCCO1)[C@H](Cc1ccccc1)NS(=O)(=O)c1ccc2ccccc2c1. The van der Waals surface area contributed by atoms with Gasteiger partial charge in [-0.05, 0) is 47.7 Å². The van der Waals surface area contributed by atoms with Crippen LogP contribution in [0.25, 0.3) is 10.8 Å². The molecule has 0 radical (unpaired) electrons. The molecule has 0 aromatic heterocycles. The maximum Gasteiger partial charge on any atom is 0.241 e. The Morgan fingerprint density at radius 1 is 1.00 bits per heavy atom. The molecule has 1 aliphatic rings. The van der Waals surface area contributed by atoms with Gasteiger partial charge in [-0.25, -0.2) is 8.42 Å². The Kier molecular flexibility index (Phi) is 6.65. The molecule has 1 heterocycles. The lowest BCUT2D eigenvalue weighted by atomic mass is 10.1. The van der Waals surface area contributed by atoms with Crippen molar-refractivity contribution in [2.75, 3.05) is 13.2 Å². The van der Waals surface area contributed by atoms with E-state index in [0.717, 1.165) is 29.2 Å². The predicted molar refractivity (Wildman–Crippen MR) is 120 cm³/mol. The molecule has 3 aromatic rings. The van der Waals surface area contributed by atoms with Gasteiger partial charge >= 0.3 is 0 Å². The van der Waals surface area contributed by atoms with E-state index in [2.05, 4.69) is 10.0 Å². The van der Waals surface area contributed by atoms with Crippen LogP contribution in [-0.4, -0.2) is 39.6 Å². The van der Waals surface area contributed by atoms with Crippen LogP contribution in [-0.2, 0) is 26.0 Å². The standard InChI is InChI=1S/C24H26N2O4S/c27-24(25-17-21-11-6-14-30-21)23(15-18-7-2-1-3-8-18)26-31(28,29)22-13-12-19-9-4-5-10-20(19)16-22/h1-5,7-10,12-13,16,21,23,26H,6,11,14-15,17H2,(H,25,27)/t21-,23-/m0/s1. The summed E-state index contributed by atoms with van der Waals surface area (Å²) in [5.41, 5.74) is 0.876. The van der Waals surface area contributed by atoms with Crippen LogP contribution in [0.1, 0.15) is 18.4 Å². The lowest BCUT2D eigenvalue weighted by Gasteiger charge is -2.20. The van der Waals surface area contributed by atoms with Crippen LogP contribution in [0.15, 0.2) is 77.7 Å². The van der Waals surface area contributed by atoms with Gasteiger partial charge in [0.25, 0.3) is 0 Å². The van der Waals surface area contributed by atoms with Crippen LogP contribution in [0.5, 0.6) is 0 Å². The fraction of sp³-hybridized carbons (Fsp3) is 0.292. The molecular formula is C24H26N2O4S. The quantitative estimate of drug-likeness (QED) is 0.566. The first-order valence-electron chi connectivity index (χ1n) is 10.5. The lowest BCUT2D eigenvalue weighted by molar-refractivity contribution is -0.123. The molecule has 0 aliphatic carbocycles. The lowest BCUT2D eigenvalue weighted by Crippen LogP contribution is -2.49. The topological polar surface area (TPSA) is 84.5 Å². The second kappa shape index (κ2) is 9.60. The fourth-order valence-corrected chi connectivity index (χ4v) is 5.00. The van der Waals surface area contributed by atoms with E-state index < -0.39 is 16.1 Å². The fourth-order valence-electron chi connectivity index (χ4n) is 3.77. The average molecular weight is 439 g/mol. The third-order valence-corrected chi connectivity index (χ3v) is 6.93. The molecule has 1 fully saturated rings. The van der Waals surface area contributed by atoms with Crippen LogP contribution in [0.2, 0.25) is 0 Å². The number of ether oxygens (including phenoxy) is 1. The number of carbonyl (C=O) groups is 1. The summed E-state index contributed by atoms with van der Waals surface area (Å²) in [7, 11) is -3.90. The summed E-state index contributed by atoms with van der Waals surface area (Å²) in [5, 5.41) is 4.64. The second-order valence-electron chi connectivity index (χ2n) is 7.75. The number of amides is 1. The number of fused-ring (bicyclic) bond motifs is 1. The third kappa shape index (κ3) is 5.50. The van der Waals surface area contributed by atoms with Gasteiger partial charge in [0, 0.05) is 13.2 Å². The molecule has 0 spiro atoms. The van der Waals surface area contributed by atoms with Gasteiger partial charge in [0.15, 0.2) is 0 Å². The molecule has 2 N–H and O–H groups in total. The Hall–Kier alpha value is -2.74. The first-order valence-corrected chi connectivity index (χ1v) is 11.9. The van der Waals surface area contributed by atoms with E-state index in [4.69, 9.17) is 4.74 Å². The Bertz CT molecular complexity index is 1140. The zero-order chi connectivity index (χ0) is 21.7. The number of carbonyl (C=O) groups excluding carboxylic acids is 1. The Morgan fingerprint density at radius 2 is 1.74 bits per heavy atom. The summed E-state index contributed by atoms with van der Waals surface area (Å²) in [6, 6.07) is 21.0. The minimum atomic E-state index is -3.90. The van der Waals surface area contributed by atoms with E-state index in [9.17, 15) is 13.2 Å². The summed E-state index contributed by atoms with van der Waals surface area (Å²) >= 11 is 0.